The Morgan fingerprint density at radius 2 is 1.84 bits per heavy atom. The second kappa shape index (κ2) is 7.28. The number of hydrogen-bond acceptors (Lipinski definition) is 4. The first-order valence-corrected chi connectivity index (χ1v) is 10.1. The van der Waals surface area contributed by atoms with Crippen molar-refractivity contribution in [1.82, 2.24) is 4.98 Å². The summed E-state index contributed by atoms with van der Waals surface area (Å²) in [6.45, 7) is 14.3. The van der Waals surface area contributed by atoms with Crippen LogP contribution >= 0.6 is 11.8 Å². The maximum absolute atomic E-state index is 4.85. The summed E-state index contributed by atoms with van der Waals surface area (Å²) in [5, 5.41) is 3.66. The van der Waals surface area contributed by atoms with E-state index in [4.69, 9.17) is 4.98 Å². The van der Waals surface area contributed by atoms with Gasteiger partial charge in [0.1, 0.15) is 5.82 Å². The van der Waals surface area contributed by atoms with Crippen LogP contribution in [-0.2, 0) is 0 Å². The first-order valence-electron chi connectivity index (χ1n) is 9.16. The van der Waals surface area contributed by atoms with Crippen molar-refractivity contribution in [3.05, 3.63) is 40.6 Å². The molecule has 1 unspecified atom stereocenters. The fourth-order valence-corrected chi connectivity index (χ4v) is 4.67. The predicted octanol–water partition coefficient (Wildman–Crippen LogP) is 5.77. The fraction of sp³-hybridized carbons (Fsp3) is 0.476. The molecule has 1 aliphatic rings. The van der Waals surface area contributed by atoms with Crippen LogP contribution in [0.1, 0.15) is 42.7 Å². The van der Waals surface area contributed by atoms with Crippen LogP contribution in [0.4, 0.5) is 17.2 Å². The van der Waals surface area contributed by atoms with Crippen molar-refractivity contribution in [2.75, 3.05) is 22.5 Å². The number of thioether (sulfide) groups is 1. The summed E-state index contributed by atoms with van der Waals surface area (Å²) >= 11 is 1.92. The van der Waals surface area contributed by atoms with Gasteiger partial charge in [0.2, 0.25) is 0 Å². The van der Waals surface area contributed by atoms with Crippen molar-refractivity contribution in [2.24, 2.45) is 0 Å². The van der Waals surface area contributed by atoms with Crippen LogP contribution < -0.4 is 10.2 Å². The number of anilines is 3. The summed E-state index contributed by atoms with van der Waals surface area (Å²) in [6, 6.07) is 7.26. The van der Waals surface area contributed by atoms with Crippen LogP contribution in [0.3, 0.4) is 0 Å². The highest BCUT2D eigenvalue weighted by Gasteiger charge is 2.25. The summed E-state index contributed by atoms with van der Waals surface area (Å²) in [6.07, 6.45) is 1.16. The Morgan fingerprint density at radius 3 is 2.48 bits per heavy atom. The molecule has 0 fully saturated rings. The SMILES string of the molecule is CCC(C)N1CCSc2c1cc(C)nc2Nc1c(C)cc(C)cc1C. The van der Waals surface area contributed by atoms with Crippen molar-refractivity contribution in [3.63, 3.8) is 0 Å². The molecule has 4 heteroatoms. The zero-order valence-corrected chi connectivity index (χ0v) is 17.0. The zero-order valence-electron chi connectivity index (χ0n) is 16.2. The highest BCUT2D eigenvalue weighted by Crippen LogP contribution is 2.42. The van der Waals surface area contributed by atoms with Gasteiger partial charge in [-0.25, -0.2) is 4.98 Å². The molecule has 0 aliphatic carbocycles. The Balaban J connectivity index is 2.05. The van der Waals surface area contributed by atoms with Gasteiger partial charge in [0.05, 0.1) is 10.6 Å². The minimum atomic E-state index is 0.553. The van der Waals surface area contributed by atoms with Crippen LogP contribution in [0.15, 0.2) is 23.1 Å². The Hall–Kier alpha value is -1.68. The topological polar surface area (TPSA) is 28.2 Å². The molecule has 25 heavy (non-hydrogen) atoms. The lowest BCUT2D eigenvalue weighted by Gasteiger charge is -2.36. The maximum atomic E-state index is 4.85. The monoisotopic (exact) mass is 355 g/mol. The molecule has 0 radical (unpaired) electrons. The van der Waals surface area contributed by atoms with Crippen LogP contribution in [0.25, 0.3) is 0 Å². The number of pyridine rings is 1. The second-order valence-corrected chi connectivity index (χ2v) is 8.26. The van der Waals surface area contributed by atoms with Crippen LogP contribution in [0, 0.1) is 27.7 Å². The van der Waals surface area contributed by atoms with Gasteiger partial charge in [0, 0.05) is 29.7 Å². The number of fused-ring (bicyclic) bond motifs is 1. The maximum Gasteiger partial charge on any atom is 0.146 e. The summed E-state index contributed by atoms with van der Waals surface area (Å²) in [7, 11) is 0. The predicted molar refractivity (Wildman–Crippen MR) is 111 cm³/mol. The first-order chi connectivity index (χ1) is 11.9. The third-order valence-electron chi connectivity index (χ3n) is 5.01. The van der Waals surface area contributed by atoms with Crippen molar-refractivity contribution in [2.45, 2.75) is 58.9 Å². The van der Waals surface area contributed by atoms with E-state index in [0.29, 0.717) is 6.04 Å². The normalized spacial score (nSPS) is 15.0. The van der Waals surface area contributed by atoms with Crippen molar-refractivity contribution in [3.8, 4) is 0 Å². The number of rotatable bonds is 4. The largest absolute Gasteiger partial charge is 0.367 e. The molecule has 2 aromatic rings. The lowest BCUT2D eigenvalue weighted by Crippen LogP contribution is -2.37. The van der Waals surface area contributed by atoms with E-state index in [-0.39, 0.29) is 0 Å². The van der Waals surface area contributed by atoms with Gasteiger partial charge in [-0.3, -0.25) is 0 Å². The molecule has 0 spiro atoms. The third kappa shape index (κ3) is 3.64. The van der Waals surface area contributed by atoms with Crippen molar-refractivity contribution < 1.29 is 0 Å². The lowest BCUT2D eigenvalue weighted by atomic mass is 10.1. The van der Waals surface area contributed by atoms with E-state index in [0.717, 1.165) is 30.2 Å². The number of hydrogen-bond donors (Lipinski definition) is 1. The van der Waals surface area contributed by atoms with Gasteiger partial charge in [-0.2, -0.15) is 0 Å². The van der Waals surface area contributed by atoms with E-state index < -0.39 is 0 Å². The highest BCUT2D eigenvalue weighted by atomic mass is 32.2. The van der Waals surface area contributed by atoms with E-state index in [1.165, 1.54) is 33.0 Å². The van der Waals surface area contributed by atoms with Crippen LogP contribution in [-0.4, -0.2) is 23.3 Å². The molecule has 0 saturated carbocycles. The van der Waals surface area contributed by atoms with Gasteiger partial charge in [0.15, 0.2) is 0 Å². The summed E-state index contributed by atoms with van der Waals surface area (Å²) in [5.41, 5.74) is 7.44. The number of nitrogens with zero attached hydrogens (tertiary/aromatic N) is 2. The van der Waals surface area contributed by atoms with E-state index in [1.807, 2.05) is 11.8 Å². The smallest absolute Gasteiger partial charge is 0.146 e. The van der Waals surface area contributed by atoms with Gasteiger partial charge in [0.25, 0.3) is 0 Å². The molecule has 3 rings (SSSR count). The Labute approximate surface area is 156 Å². The molecule has 3 nitrogen and oxygen atoms in total. The molecular weight excluding hydrogens is 326 g/mol. The average molecular weight is 356 g/mol. The van der Waals surface area contributed by atoms with E-state index in [9.17, 15) is 0 Å². The fourth-order valence-electron chi connectivity index (χ4n) is 3.62. The molecule has 1 aliphatic heterocycles. The van der Waals surface area contributed by atoms with E-state index in [2.05, 4.69) is 70.0 Å². The summed E-state index contributed by atoms with van der Waals surface area (Å²) in [4.78, 5) is 8.68. The Bertz CT molecular complexity index is 762. The molecule has 2 heterocycles. The van der Waals surface area contributed by atoms with E-state index >= 15 is 0 Å². The number of nitrogens with one attached hydrogen (secondary N) is 1. The Kier molecular flexibility index (Phi) is 5.28. The highest BCUT2D eigenvalue weighted by molar-refractivity contribution is 7.99. The second-order valence-electron chi connectivity index (χ2n) is 7.16. The van der Waals surface area contributed by atoms with Crippen molar-refractivity contribution >= 4 is 29.0 Å². The minimum absolute atomic E-state index is 0.553. The standard InChI is InChI=1S/C21H29N3S/c1-7-17(6)24-8-9-25-20-18(24)12-16(5)22-21(20)23-19-14(3)10-13(2)11-15(19)4/h10-12,17H,7-9H2,1-6H3,(H,22,23). The van der Waals surface area contributed by atoms with Crippen LogP contribution in [0.5, 0.6) is 0 Å². The van der Waals surface area contributed by atoms with Gasteiger partial charge < -0.3 is 10.2 Å². The third-order valence-corrected chi connectivity index (χ3v) is 6.09. The number of aryl methyl sites for hydroxylation is 4. The van der Waals surface area contributed by atoms with Crippen LogP contribution in [0.2, 0.25) is 0 Å². The first kappa shape index (κ1) is 18.1. The van der Waals surface area contributed by atoms with Gasteiger partial charge in [-0.05, 0) is 58.2 Å². The molecular formula is C21H29N3S. The lowest BCUT2D eigenvalue weighted by molar-refractivity contribution is 0.624. The van der Waals surface area contributed by atoms with E-state index in [1.54, 1.807) is 0 Å². The minimum Gasteiger partial charge on any atom is -0.367 e. The zero-order chi connectivity index (χ0) is 18.1. The van der Waals surface area contributed by atoms with Crippen molar-refractivity contribution in [1.29, 1.82) is 0 Å². The van der Waals surface area contributed by atoms with Gasteiger partial charge in [-0.1, -0.05) is 24.6 Å². The molecule has 134 valence electrons. The molecule has 1 aromatic heterocycles. The molecule has 0 saturated heterocycles. The molecule has 0 bridgehead atoms. The molecule has 1 N–H and O–H groups in total. The average Bonchev–Trinajstić information content (AvgIpc) is 2.56. The summed E-state index contributed by atoms with van der Waals surface area (Å²) in [5.74, 6) is 2.12. The molecule has 1 aromatic carbocycles. The quantitative estimate of drug-likeness (QED) is 0.753. The molecule has 0 amide bonds. The Morgan fingerprint density at radius 1 is 1.16 bits per heavy atom. The number of aromatic nitrogens is 1. The van der Waals surface area contributed by atoms with Gasteiger partial charge >= 0.3 is 0 Å². The van der Waals surface area contributed by atoms with Gasteiger partial charge in [-0.15, -0.1) is 11.8 Å². The molecule has 1 atom stereocenters. The summed E-state index contributed by atoms with van der Waals surface area (Å²) < 4.78 is 0. The number of benzene rings is 1.